The largest absolute Gasteiger partial charge is 0.378 e. The van der Waals surface area contributed by atoms with Gasteiger partial charge in [0.15, 0.2) is 0 Å². The van der Waals surface area contributed by atoms with Crippen molar-refractivity contribution in [2.24, 2.45) is 0 Å². The number of tetrazole rings is 1. The number of hydrogen-bond donors (Lipinski definition) is 2. The third-order valence-corrected chi connectivity index (χ3v) is 3.52. The fraction of sp³-hybridized carbons (Fsp3) is 0.429. The molecule has 8 nitrogen and oxygen atoms in total. The summed E-state index contributed by atoms with van der Waals surface area (Å²) in [6.07, 6.45) is 1.91. The fourth-order valence-corrected chi connectivity index (χ4v) is 2.39. The van der Waals surface area contributed by atoms with Crippen molar-refractivity contribution >= 4 is 11.6 Å². The van der Waals surface area contributed by atoms with E-state index in [0.717, 1.165) is 23.5 Å². The highest BCUT2D eigenvalue weighted by molar-refractivity contribution is 5.91. The van der Waals surface area contributed by atoms with Gasteiger partial charge in [-0.25, -0.2) is 4.68 Å². The van der Waals surface area contributed by atoms with Crippen LogP contribution in [0.3, 0.4) is 0 Å². The lowest BCUT2D eigenvalue weighted by atomic mass is 10.1. The molecular formula is C14H18N6O2. The van der Waals surface area contributed by atoms with Gasteiger partial charge in [-0.3, -0.25) is 4.79 Å². The van der Waals surface area contributed by atoms with E-state index in [0.29, 0.717) is 19.6 Å². The number of carbonyl (C=O) groups excluding carboxylic acids is 1. The molecule has 1 unspecified atom stereocenters. The average Bonchev–Trinajstić information content (AvgIpc) is 3.04. The Morgan fingerprint density at radius 3 is 3.18 bits per heavy atom. The molecule has 1 saturated heterocycles. The second-order valence-corrected chi connectivity index (χ2v) is 5.23. The van der Waals surface area contributed by atoms with Crippen LogP contribution in [0.25, 0.3) is 5.69 Å². The molecule has 116 valence electrons. The maximum absolute atomic E-state index is 12.1. The molecule has 0 radical (unpaired) electrons. The van der Waals surface area contributed by atoms with Crippen molar-refractivity contribution in [2.75, 3.05) is 25.1 Å². The Labute approximate surface area is 127 Å². The number of morpholine rings is 1. The number of amides is 1. The lowest BCUT2D eigenvalue weighted by molar-refractivity contribution is -0.117. The molecule has 1 aliphatic rings. The van der Waals surface area contributed by atoms with Crippen LogP contribution in [0, 0.1) is 6.92 Å². The van der Waals surface area contributed by atoms with Gasteiger partial charge in [0.1, 0.15) is 6.33 Å². The van der Waals surface area contributed by atoms with Crippen molar-refractivity contribution in [1.29, 1.82) is 0 Å². The molecule has 22 heavy (non-hydrogen) atoms. The minimum Gasteiger partial charge on any atom is -0.378 e. The van der Waals surface area contributed by atoms with E-state index in [1.54, 1.807) is 4.68 Å². The summed E-state index contributed by atoms with van der Waals surface area (Å²) in [5.41, 5.74) is 2.58. The molecule has 2 aromatic rings. The smallest absolute Gasteiger partial charge is 0.226 e. The lowest BCUT2D eigenvalue weighted by Crippen LogP contribution is -2.43. The predicted molar refractivity (Wildman–Crippen MR) is 79.7 cm³/mol. The third-order valence-electron chi connectivity index (χ3n) is 3.52. The minimum absolute atomic E-state index is 0.0467. The number of aromatic nitrogens is 4. The summed E-state index contributed by atoms with van der Waals surface area (Å²) in [5, 5.41) is 17.3. The Hall–Kier alpha value is -2.32. The topological polar surface area (TPSA) is 94.0 Å². The Morgan fingerprint density at radius 2 is 2.45 bits per heavy atom. The summed E-state index contributed by atoms with van der Waals surface area (Å²) >= 11 is 0. The minimum atomic E-state index is -0.0467. The first-order valence-electron chi connectivity index (χ1n) is 7.17. The predicted octanol–water partition coefficient (Wildman–Crippen LogP) is 0.288. The number of hydrogen-bond acceptors (Lipinski definition) is 6. The van der Waals surface area contributed by atoms with E-state index in [1.165, 1.54) is 6.33 Å². The molecule has 1 fully saturated rings. The first kappa shape index (κ1) is 14.6. The van der Waals surface area contributed by atoms with Crippen molar-refractivity contribution in [2.45, 2.75) is 19.4 Å². The van der Waals surface area contributed by atoms with Crippen LogP contribution in [0.1, 0.15) is 12.0 Å². The van der Waals surface area contributed by atoms with Crippen molar-refractivity contribution < 1.29 is 9.53 Å². The SMILES string of the molecule is Cc1ccc(NC(=O)CC2COCCN2)cc1-n1cnnn1. The molecule has 2 N–H and O–H groups in total. The fourth-order valence-electron chi connectivity index (χ4n) is 2.39. The zero-order valence-electron chi connectivity index (χ0n) is 12.3. The van der Waals surface area contributed by atoms with Crippen LogP contribution in [0.5, 0.6) is 0 Å². The Balaban J connectivity index is 1.67. The zero-order chi connectivity index (χ0) is 15.4. The van der Waals surface area contributed by atoms with Gasteiger partial charge in [-0.15, -0.1) is 5.10 Å². The molecule has 2 heterocycles. The number of benzene rings is 1. The van der Waals surface area contributed by atoms with Crippen molar-refractivity contribution in [1.82, 2.24) is 25.5 Å². The molecule has 0 saturated carbocycles. The van der Waals surface area contributed by atoms with E-state index in [-0.39, 0.29) is 11.9 Å². The Morgan fingerprint density at radius 1 is 1.55 bits per heavy atom. The second-order valence-electron chi connectivity index (χ2n) is 5.23. The van der Waals surface area contributed by atoms with E-state index in [4.69, 9.17) is 4.74 Å². The van der Waals surface area contributed by atoms with Gasteiger partial charge in [-0.05, 0) is 35.0 Å². The van der Waals surface area contributed by atoms with Gasteiger partial charge in [0.2, 0.25) is 5.91 Å². The Bertz CT molecular complexity index is 637. The molecule has 0 bridgehead atoms. The van der Waals surface area contributed by atoms with Crippen LogP contribution < -0.4 is 10.6 Å². The highest BCUT2D eigenvalue weighted by Crippen LogP contribution is 2.18. The monoisotopic (exact) mass is 302 g/mol. The van der Waals surface area contributed by atoms with Crippen molar-refractivity contribution in [3.63, 3.8) is 0 Å². The molecule has 0 aliphatic carbocycles. The number of nitrogens with one attached hydrogen (secondary N) is 2. The van der Waals surface area contributed by atoms with Gasteiger partial charge in [-0.1, -0.05) is 6.07 Å². The maximum Gasteiger partial charge on any atom is 0.226 e. The number of anilines is 1. The van der Waals surface area contributed by atoms with E-state index in [9.17, 15) is 4.79 Å². The van der Waals surface area contributed by atoms with Gasteiger partial charge in [0.05, 0.1) is 18.9 Å². The number of nitrogens with zero attached hydrogens (tertiary/aromatic N) is 4. The zero-order valence-corrected chi connectivity index (χ0v) is 12.3. The third kappa shape index (κ3) is 3.46. The highest BCUT2D eigenvalue weighted by atomic mass is 16.5. The molecule has 1 amide bonds. The Kier molecular flexibility index (Phi) is 4.40. The quantitative estimate of drug-likeness (QED) is 0.843. The van der Waals surface area contributed by atoms with Gasteiger partial charge in [-0.2, -0.15) is 0 Å². The summed E-state index contributed by atoms with van der Waals surface area (Å²) < 4.78 is 6.92. The number of aryl methyl sites for hydroxylation is 1. The van der Waals surface area contributed by atoms with E-state index in [1.807, 2.05) is 25.1 Å². The number of carbonyl (C=O) groups is 1. The van der Waals surface area contributed by atoms with E-state index >= 15 is 0 Å². The first-order valence-corrected chi connectivity index (χ1v) is 7.17. The number of rotatable bonds is 4. The van der Waals surface area contributed by atoms with Crippen LogP contribution in [-0.2, 0) is 9.53 Å². The highest BCUT2D eigenvalue weighted by Gasteiger charge is 2.17. The van der Waals surface area contributed by atoms with Gasteiger partial charge in [0, 0.05) is 24.7 Å². The molecule has 1 atom stereocenters. The maximum atomic E-state index is 12.1. The summed E-state index contributed by atoms with van der Waals surface area (Å²) in [6, 6.07) is 5.72. The molecule has 3 rings (SSSR count). The lowest BCUT2D eigenvalue weighted by Gasteiger charge is -2.23. The van der Waals surface area contributed by atoms with Gasteiger partial charge >= 0.3 is 0 Å². The second kappa shape index (κ2) is 6.63. The van der Waals surface area contributed by atoms with Crippen LogP contribution >= 0.6 is 0 Å². The molecule has 0 spiro atoms. The summed E-state index contributed by atoms with van der Waals surface area (Å²) in [4.78, 5) is 12.1. The van der Waals surface area contributed by atoms with Crippen molar-refractivity contribution in [3.8, 4) is 5.69 Å². The normalized spacial score (nSPS) is 18.1. The molecule has 1 aliphatic heterocycles. The molecule has 1 aromatic heterocycles. The molecule has 1 aromatic carbocycles. The number of ether oxygens (including phenoxy) is 1. The van der Waals surface area contributed by atoms with Crippen LogP contribution in [-0.4, -0.2) is 51.9 Å². The standard InChI is InChI=1S/C14H18N6O2/c1-10-2-3-11(6-13(10)20-9-16-18-19-20)17-14(21)7-12-8-22-5-4-15-12/h2-3,6,9,12,15H,4-5,7-8H2,1H3,(H,17,21). The average molecular weight is 302 g/mol. The van der Waals surface area contributed by atoms with Gasteiger partial charge < -0.3 is 15.4 Å². The summed E-state index contributed by atoms with van der Waals surface area (Å²) in [6.45, 7) is 4.01. The van der Waals surface area contributed by atoms with Crippen molar-refractivity contribution in [3.05, 3.63) is 30.1 Å². The van der Waals surface area contributed by atoms with E-state index in [2.05, 4.69) is 26.2 Å². The van der Waals surface area contributed by atoms with Crippen LogP contribution in [0.15, 0.2) is 24.5 Å². The van der Waals surface area contributed by atoms with E-state index < -0.39 is 0 Å². The van der Waals surface area contributed by atoms with Crippen LogP contribution in [0.2, 0.25) is 0 Å². The molecular weight excluding hydrogens is 284 g/mol. The van der Waals surface area contributed by atoms with Crippen LogP contribution in [0.4, 0.5) is 5.69 Å². The summed E-state index contributed by atoms with van der Waals surface area (Å²) in [5.74, 6) is -0.0467. The summed E-state index contributed by atoms with van der Waals surface area (Å²) in [7, 11) is 0. The molecule has 8 heteroatoms. The van der Waals surface area contributed by atoms with Gasteiger partial charge in [0.25, 0.3) is 0 Å². The first-order chi connectivity index (χ1) is 10.7.